The summed E-state index contributed by atoms with van der Waals surface area (Å²) in [6.45, 7) is 2.67. The number of hydrogen-bond donors (Lipinski definition) is 0. The van der Waals surface area contributed by atoms with E-state index in [1.165, 1.54) is 0 Å². The first-order chi connectivity index (χ1) is 16.6. The molecule has 2 aliphatic heterocycles. The van der Waals surface area contributed by atoms with E-state index in [4.69, 9.17) is 4.74 Å². The highest BCUT2D eigenvalue weighted by Crippen LogP contribution is 2.43. The molecule has 0 radical (unpaired) electrons. The van der Waals surface area contributed by atoms with Gasteiger partial charge in [-0.1, -0.05) is 36.4 Å². The molecule has 2 atom stereocenters. The van der Waals surface area contributed by atoms with Crippen molar-refractivity contribution in [2.24, 2.45) is 0 Å². The molecular weight excluding hydrogens is 428 g/mol. The van der Waals surface area contributed by atoms with Crippen LogP contribution in [-0.4, -0.2) is 66.9 Å². The van der Waals surface area contributed by atoms with Gasteiger partial charge in [-0.15, -0.1) is 0 Å². The van der Waals surface area contributed by atoms with Gasteiger partial charge >= 0.3 is 0 Å². The van der Waals surface area contributed by atoms with Gasteiger partial charge in [0.05, 0.1) is 19.1 Å². The first-order valence-corrected chi connectivity index (χ1v) is 11.5. The number of anilines is 1. The highest BCUT2D eigenvalue weighted by atomic mass is 16.5. The average molecular weight is 457 g/mol. The molecule has 2 aromatic carbocycles. The number of fused-ring (bicyclic) bond motifs is 1. The highest BCUT2D eigenvalue weighted by Gasteiger charge is 2.44. The van der Waals surface area contributed by atoms with Crippen LogP contribution in [0.1, 0.15) is 33.4 Å². The third kappa shape index (κ3) is 3.87. The summed E-state index contributed by atoms with van der Waals surface area (Å²) in [6.07, 6.45) is 1.79. The normalized spacial score (nSPS) is 20.2. The second-order valence-electron chi connectivity index (χ2n) is 8.70. The number of rotatable bonds is 4. The molecule has 174 valence electrons. The highest BCUT2D eigenvalue weighted by molar-refractivity contribution is 6.01. The average Bonchev–Trinajstić information content (AvgIpc) is 2.91. The maximum Gasteiger partial charge on any atom is 0.254 e. The smallest absolute Gasteiger partial charge is 0.254 e. The Bertz CT molecular complexity index is 1170. The Kier molecular flexibility index (Phi) is 5.92. The van der Waals surface area contributed by atoms with Crippen molar-refractivity contribution in [3.63, 3.8) is 0 Å². The second kappa shape index (κ2) is 9.17. The molecule has 34 heavy (non-hydrogen) atoms. The molecule has 2 aliphatic rings. The Morgan fingerprint density at radius 3 is 2.32 bits per heavy atom. The molecule has 0 N–H and O–H groups in total. The molecular formula is C27H28N4O3. The Hall–Kier alpha value is -3.87. The molecule has 2 amide bonds. The lowest BCUT2D eigenvalue weighted by Gasteiger charge is -2.43. The van der Waals surface area contributed by atoms with E-state index >= 15 is 0 Å². The molecule has 7 nitrogen and oxygen atoms in total. The SMILES string of the molecule is COc1ccc([C@H]2[C@@H](C(=O)N3CCN(c4ccccn4)CC3)c3ccccc3C(=O)N2C)cc1. The minimum absolute atomic E-state index is 0.0493. The molecule has 1 saturated heterocycles. The van der Waals surface area contributed by atoms with E-state index in [9.17, 15) is 9.59 Å². The summed E-state index contributed by atoms with van der Waals surface area (Å²) in [7, 11) is 3.41. The second-order valence-corrected chi connectivity index (χ2v) is 8.70. The number of carbonyl (C=O) groups is 2. The van der Waals surface area contributed by atoms with Gasteiger partial charge in [-0.25, -0.2) is 4.98 Å². The van der Waals surface area contributed by atoms with E-state index in [0.717, 1.165) is 35.8 Å². The van der Waals surface area contributed by atoms with Gasteiger partial charge in [0.25, 0.3) is 5.91 Å². The van der Waals surface area contributed by atoms with E-state index in [2.05, 4.69) is 9.88 Å². The summed E-state index contributed by atoms with van der Waals surface area (Å²) in [6, 6.07) is 20.6. The van der Waals surface area contributed by atoms with Gasteiger partial charge in [-0.3, -0.25) is 9.59 Å². The van der Waals surface area contributed by atoms with Crippen LogP contribution in [-0.2, 0) is 4.79 Å². The van der Waals surface area contributed by atoms with Crippen molar-refractivity contribution in [1.29, 1.82) is 0 Å². The molecule has 3 heterocycles. The largest absolute Gasteiger partial charge is 0.497 e. The standard InChI is InChI=1S/C27H28N4O3/c1-29-25(19-10-12-20(34-2)13-11-19)24(21-7-3-4-8-22(21)26(29)32)27(33)31-17-15-30(16-18-31)23-9-5-6-14-28-23/h3-14,24-25H,15-18H2,1-2H3/t24-,25-/m0/s1. The Morgan fingerprint density at radius 1 is 0.941 bits per heavy atom. The van der Waals surface area contributed by atoms with Gasteiger partial charge in [0.15, 0.2) is 0 Å². The molecule has 0 unspecified atom stereocenters. The van der Waals surface area contributed by atoms with Crippen LogP contribution in [0.2, 0.25) is 0 Å². The number of amides is 2. The molecule has 5 rings (SSSR count). The van der Waals surface area contributed by atoms with E-state index in [1.54, 1.807) is 25.3 Å². The maximum absolute atomic E-state index is 14.0. The number of aromatic nitrogens is 1. The van der Waals surface area contributed by atoms with Crippen molar-refractivity contribution in [3.05, 3.63) is 89.6 Å². The van der Waals surface area contributed by atoms with Crippen molar-refractivity contribution >= 4 is 17.6 Å². The Morgan fingerprint density at radius 2 is 1.65 bits per heavy atom. The van der Waals surface area contributed by atoms with Gasteiger partial charge in [0.1, 0.15) is 11.6 Å². The number of piperazine rings is 1. The molecule has 3 aromatic rings. The molecule has 0 aliphatic carbocycles. The summed E-state index contributed by atoms with van der Waals surface area (Å²) < 4.78 is 5.31. The van der Waals surface area contributed by atoms with Crippen molar-refractivity contribution in [1.82, 2.24) is 14.8 Å². The lowest BCUT2D eigenvalue weighted by Crippen LogP contribution is -2.53. The summed E-state index contributed by atoms with van der Waals surface area (Å²) in [5, 5.41) is 0. The number of ether oxygens (including phenoxy) is 1. The van der Waals surface area contributed by atoms with Crippen LogP contribution in [0.5, 0.6) is 5.75 Å². The number of benzene rings is 2. The van der Waals surface area contributed by atoms with E-state index in [-0.39, 0.29) is 11.8 Å². The van der Waals surface area contributed by atoms with Crippen LogP contribution in [0.15, 0.2) is 72.9 Å². The topological polar surface area (TPSA) is 66.0 Å². The van der Waals surface area contributed by atoms with Crippen LogP contribution in [0.4, 0.5) is 5.82 Å². The van der Waals surface area contributed by atoms with E-state index in [0.29, 0.717) is 18.7 Å². The number of likely N-dealkylation sites (N-methyl/N-ethyl adjacent to an activating group) is 1. The zero-order chi connectivity index (χ0) is 23.7. The summed E-state index contributed by atoms with van der Waals surface area (Å²) in [4.78, 5) is 37.6. The first kappa shape index (κ1) is 21.9. The monoisotopic (exact) mass is 456 g/mol. The minimum atomic E-state index is -0.478. The van der Waals surface area contributed by atoms with Crippen LogP contribution in [0, 0.1) is 0 Å². The lowest BCUT2D eigenvalue weighted by molar-refractivity contribution is -0.134. The van der Waals surface area contributed by atoms with Crippen LogP contribution >= 0.6 is 0 Å². The molecule has 1 aromatic heterocycles. The number of hydrogen-bond acceptors (Lipinski definition) is 5. The van der Waals surface area contributed by atoms with Crippen molar-refractivity contribution in [3.8, 4) is 5.75 Å². The zero-order valence-electron chi connectivity index (χ0n) is 19.4. The van der Waals surface area contributed by atoms with Gasteiger partial charge in [0.2, 0.25) is 5.91 Å². The molecule has 0 saturated carbocycles. The van der Waals surface area contributed by atoms with Crippen LogP contribution in [0.3, 0.4) is 0 Å². The molecule has 7 heteroatoms. The van der Waals surface area contributed by atoms with E-state index < -0.39 is 12.0 Å². The lowest BCUT2D eigenvalue weighted by atomic mass is 9.79. The van der Waals surface area contributed by atoms with Gasteiger partial charge in [-0.2, -0.15) is 0 Å². The van der Waals surface area contributed by atoms with Crippen molar-refractivity contribution in [2.45, 2.75) is 12.0 Å². The van der Waals surface area contributed by atoms with Crippen LogP contribution < -0.4 is 9.64 Å². The fourth-order valence-electron chi connectivity index (χ4n) is 5.05. The van der Waals surface area contributed by atoms with Gasteiger partial charge in [0, 0.05) is 45.0 Å². The quantitative estimate of drug-likeness (QED) is 0.603. The first-order valence-electron chi connectivity index (χ1n) is 11.5. The Labute approximate surface area is 199 Å². The van der Waals surface area contributed by atoms with Crippen molar-refractivity contribution < 1.29 is 14.3 Å². The predicted molar refractivity (Wildman–Crippen MR) is 130 cm³/mol. The van der Waals surface area contributed by atoms with Crippen molar-refractivity contribution in [2.75, 3.05) is 45.2 Å². The zero-order valence-corrected chi connectivity index (χ0v) is 19.4. The molecule has 1 fully saturated rings. The number of carbonyl (C=O) groups excluding carboxylic acids is 2. The molecule has 0 bridgehead atoms. The summed E-state index contributed by atoms with van der Waals surface area (Å²) in [5.74, 6) is 1.17. The third-order valence-electron chi connectivity index (χ3n) is 6.87. The fraction of sp³-hybridized carbons (Fsp3) is 0.296. The fourth-order valence-corrected chi connectivity index (χ4v) is 5.05. The number of nitrogens with zero attached hydrogens (tertiary/aromatic N) is 4. The number of methoxy groups -OCH3 is 1. The van der Waals surface area contributed by atoms with E-state index in [1.807, 2.05) is 71.6 Å². The summed E-state index contributed by atoms with van der Waals surface area (Å²) in [5.41, 5.74) is 2.31. The maximum atomic E-state index is 14.0. The minimum Gasteiger partial charge on any atom is -0.497 e. The predicted octanol–water partition coefficient (Wildman–Crippen LogP) is 3.35. The summed E-state index contributed by atoms with van der Waals surface area (Å²) >= 11 is 0. The molecule has 0 spiro atoms. The third-order valence-corrected chi connectivity index (χ3v) is 6.87. The van der Waals surface area contributed by atoms with Gasteiger partial charge < -0.3 is 19.4 Å². The van der Waals surface area contributed by atoms with Crippen LogP contribution in [0.25, 0.3) is 0 Å². The van der Waals surface area contributed by atoms with Gasteiger partial charge in [-0.05, 0) is 41.5 Å². The Balaban J connectivity index is 1.46. The number of pyridine rings is 1.